The summed E-state index contributed by atoms with van der Waals surface area (Å²) in [6.07, 6.45) is 1.27. The first-order valence-electron chi connectivity index (χ1n) is 16.2. The summed E-state index contributed by atoms with van der Waals surface area (Å²) in [6, 6.07) is -6.25. The third-order valence-corrected chi connectivity index (χ3v) is 7.05. The third-order valence-electron chi connectivity index (χ3n) is 7.05. The van der Waals surface area contributed by atoms with Gasteiger partial charge in [0.1, 0.15) is 24.2 Å². The Bertz CT molecular complexity index is 1200. The van der Waals surface area contributed by atoms with E-state index in [1.807, 2.05) is 0 Å². The number of amides is 4. The summed E-state index contributed by atoms with van der Waals surface area (Å²) >= 11 is 0. The molecule has 4 amide bonds. The number of hydrogen-bond acceptors (Lipinski definition) is 11. The minimum Gasteiger partial charge on any atom is -0.480 e. The molecule has 0 aromatic rings. The average Bonchev–Trinajstić information content (AvgIpc) is 3.04. The van der Waals surface area contributed by atoms with Crippen molar-refractivity contribution in [2.45, 2.75) is 81.6 Å². The number of nitrogens with one attached hydrogen (secondary N) is 12. The van der Waals surface area contributed by atoms with E-state index in [9.17, 15) is 29.1 Å². The smallest absolute Gasteiger partial charge is 0.327 e. The van der Waals surface area contributed by atoms with E-state index in [1.165, 1.54) is 0 Å². The highest BCUT2D eigenvalue weighted by atomic mass is 16.4. The van der Waals surface area contributed by atoms with Crippen LogP contribution in [0.1, 0.15) is 51.4 Å². The van der Waals surface area contributed by atoms with Gasteiger partial charge in [0.2, 0.25) is 23.6 Å². The Morgan fingerprint density at radius 2 is 0.765 bits per heavy atom. The zero-order valence-corrected chi connectivity index (χ0v) is 28.5. The van der Waals surface area contributed by atoms with E-state index in [4.69, 9.17) is 56.0 Å². The number of carbonyl (C=O) groups excluding carboxylic acids is 4. The van der Waals surface area contributed by atoms with Crippen molar-refractivity contribution in [1.29, 1.82) is 21.6 Å². The number of aliphatic carboxylic acids is 1. The lowest BCUT2D eigenvalue weighted by Crippen LogP contribution is -2.59. The Kier molecular flexibility index (Phi) is 22.5. The van der Waals surface area contributed by atoms with Crippen molar-refractivity contribution in [2.24, 2.45) is 34.4 Å². The molecule has 0 spiro atoms. The summed E-state index contributed by atoms with van der Waals surface area (Å²) in [5, 5.41) is 58.9. The first kappa shape index (κ1) is 45.3. The molecule has 0 aliphatic rings. The van der Waals surface area contributed by atoms with Crippen LogP contribution in [0.15, 0.2) is 0 Å². The molecule has 24 nitrogen and oxygen atoms in total. The van der Waals surface area contributed by atoms with Gasteiger partial charge in [0.05, 0.1) is 6.04 Å². The van der Waals surface area contributed by atoms with Gasteiger partial charge in [-0.15, -0.1) is 0 Å². The van der Waals surface area contributed by atoms with Gasteiger partial charge in [0.15, 0.2) is 23.8 Å². The van der Waals surface area contributed by atoms with Crippen molar-refractivity contribution in [3.63, 3.8) is 0 Å². The second-order valence-corrected chi connectivity index (χ2v) is 11.4. The first-order chi connectivity index (χ1) is 24.0. The van der Waals surface area contributed by atoms with E-state index >= 15 is 0 Å². The molecule has 24 heteroatoms. The Morgan fingerprint density at radius 1 is 0.490 bits per heavy atom. The van der Waals surface area contributed by atoms with E-state index in [0.29, 0.717) is 13.0 Å². The van der Waals surface area contributed by atoms with Crippen molar-refractivity contribution >= 4 is 53.4 Å². The maximum absolute atomic E-state index is 13.6. The maximum Gasteiger partial charge on any atom is 0.327 e. The van der Waals surface area contributed by atoms with Crippen LogP contribution in [0.3, 0.4) is 0 Å². The number of rotatable bonds is 26. The van der Waals surface area contributed by atoms with Crippen LogP contribution in [0.25, 0.3) is 0 Å². The molecule has 51 heavy (non-hydrogen) atoms. The van der Waals surface area contributed by atoms with Gasteiger partial charge in [0, 0.05) is 32.7 Å². The van der Waals surface area contributed by atoms with Gasteiger partial charge in [-0.25, -0.2) is 4.79 Å². The van der Waals surface area contributed by atoms with Gasteiger partial charge in [-0.2, -0.15) is 0 Å². The predicted molar refractivity (Wildman–Crippen MR) is 189 cm³/mol. The van der Waals surface area contributed by atoms with Gasteiger partial charge in [-0.3, -0.25) is 40.8 Å². The van der Waals surface area contributed by atoms with Crippen molar-refractivity contribution in [3.8, 4) is 0 Å². The number of nitrogens with two attached hydrogens (primary N) is 6. The standard InChI is InChI=1S/C27H56N18O6/c28-13-18(23(50)51)45-22(49)17(8-4-12-41-27(36)37)44-21(48)16(7-3-11-40-26(34)35)43-20(47)15(6-2-10-39-25(32)33)42-19(46)14(29)5-1-9-38-24(30)31/h14-18H,1-13,28-29H2,(H,42,46)(H,43,47)(H,44,48)(H,45,49)(H,50,51)(H4,30,31,38)(H4,32,33,39)(H4,34,35,40)(H4,36,37,41)/t14-,15-,16-,17-,18-/m0/s1. The van der Waals surface area contributed by atoms with E-state index in [0.717, 1.165) is 0 Å². The van der Waals surface area contributed by atoms with Crippen molar-refractivity contribution in [3.05, 3.63) is 0 Å². The summed E-state index contributed by atoms with van der Waals surface area (Å²) < 4.78 is 0. The second-order valence-electron chi connectivity index (χ2n) is 11.4. The molecule has 0 aliphatic carbocycles. The lowest BCUT2D eigenvalue weighted by molar-refractivity contribution is -0.142. The summed E-state index contributed by atoms with van der Waals surface area (Å²) in [5.74, 6) is -5.67. The summed E-state index contributed by atoms with van der Waals surface area (Å²) in [5.41, 5.74) is 32.7. The predicted octanol–water partition coefficient (Wildman–Crippen LogP) is -6.65. The zero-order valence-electron chi connectivity index (χ0n) is 28.5. The fraction of sp³-hybridized carbons (Fsp3) is 0.667. The third kappa shape index (κ3) is 21.8. The van der Waals surface area contributed by atoms with Crippen LogP contribution in [0, 0.1) is 21.6 Å². The quantitative estimate of drug-likeness (QED) is 0.0223. The summed E-state index contributed by atoms with van der Waals surface area (Å²) in [7, 11) is 0. The van der Waals surface area contributed by atoms with Crippen LogP contribution in [0.2, 0.25) is 0 Å². The average molecular weight is 729 g/mol. The first-order valence-corrected chi connectivity index (χ1v) is 16.2. The minimum absolute atomic E-state index is 0.0200. The molecule has 0 rings (SSSR count). The lowest BCUT2D eigenvalue weighted by Gasteiger charge is -2.26. The van der Waals surface area contributed by atoms with Crippen LogP contribution in [-0.2, 0) is 24.0 Å². The Labute approximate surface area is 295 Å². The molecule has 25 N–H and O–H groups in total. The van der Waals surface area contributed by atoms with Gasteiger partial charge in [-0.05, 0) is 51.4 Å². The molecular formula is C27H56N18O6. The molecule has 0 heterocycles. The number of carboxylic acids is 1. The van der Waals surface area contributed by atoms with E-state index in [1.54, 1.807) is 0 Å². The molecule has 290 valence electrons. The highest BCUT2D eigenvalue weighted by Crippen LogP contribution is 2.06. The molecule has 0 aromatic carbocycles. The van der Waals surface area contributed by atoms with Crippen LogP contribution >= 0.6 is 0 Å². The van der Waals surface area contributed by atoms with Crippen molar-refractivity contribution in [2.75, 3.05) is 32.7 Å². The van der Waals surface area contributed by atoms with E-state index in [2.05, 4.69) is 42.5 Å². The number of carboxylic acid groups (broad SMARTS) is 1. The van der Waals surface area contributed by atoms with E-state index in [-0.39, 0.29) is 88.4 Å². The number of carbonyl (C=O) groups is 5. The molecule has 5 atom stereocenters. The lowest BCUT2D eigenvalue weighted by atomic mass is 10.0. The minimum atomic E-state index is -1.45. The maximum atomic E-state index is 13.6. The molecule has 0 aliphatic heterocycles. The normalized spacial score (nSPS) is 13.5. The Hall–Kier alpha value is -5.65. The number of guanidine groups is 4. The Balaban J connectivity index is 6.10. The summed E-state index contributed by atoms with van der Waals surface area (Å²) in [6.45, 7) is 0.357. The molecule has 0 radical (unpaired) electrons. The topological polar surface area (TPSA) is 453 Å². The van der Waals surface area contributed by atoms with Crippen LogP contribution in [0.5, 0.6) is 0 Å². The monoisotopic (exact) mass is 728 g/mol. The van der Waals surface area contributed by atoms with Crippen LogP contribution < -0.4 is 76.9 Å². The van der Waals surface area contributed by atoms with Crippen molar-refractivity contribution < 1.29 is 29.1 Å². The molecule has 0 aromatic heterocycles. The highest BCUT2D eigenvalue weighted by molar-refractivity contribution is 5.95. The van der Waals surface area contributed by atoms with Crippen LogP contribution in [-0.4, -0.2) is 121 Å². The highest BCUT2D eigenvalue weighted by Gasteiger charge is 2.31. The molecule has 0 fully saturated rings. The van der Waals surface area contributed by atoms with Crippen LogP contribution in [0.4, 0.5) is 0 Å². The Morgan fingerprint density at radius 3 is 1.04 bits per heavy atom. The molecular weight excluding hydrogens is 672 g/mol. The van der Waals surface area contributed by atoms with Gasteiger partial charge in [-0.1, -0.05) is 0 Å². The van der Waals surface area contributed by atoms with Crippen molar-refractivity contribution in [1.82, 2.24) is 42.5 Å². The SMILES string of the molecule is N=C(N)NCCC[C@H](NC(=O)[C@H](CCCNC(=N)N)NC(=O)[C@H](CCCNC(=N)N)NC(=O)[C@@H](N)CCCNC(=N)N)C(=O)N[C@@H](CN)C(=O)O. The summed E-state index contributed by atoms with van der Waals surface area (Å²) in [4.78, 5) is 64.8. The second kappa shape index (κ2) is 25.3. The number of hydrogen-bond donors (Lipinski definition) is 19. The molecule has 0 bridgehead atoms. The van der Waals surface area contributed by atoms with Gasteiger partial charge < -0.3 is 82.0 Å². The molecule has 0 saturated carbocycles. The molecule has 0 unspecified atom stereocenters. The fourth-order valence-corrected chi connectivity index (χ4v) is 4.39. The molecule has 0 saturated heterocycles. The van der Waals surface area contributed by atoms with Gasteiger partial charge in [0.25, 0.3) is 0 Å². The zero-order chi connectivity index (χ0) is 38.9. The largest absolute Gasteiger partial charge is 0.480 e. The fourth-order valence-electron chi connectivity index (χ4n) is 4.39. The van der Waals surface area contributed by atoms with Gasteiger partial charge >= 0.3 is 5.97 Å². The van der Waals surface area contributed by atoms with E-state index < -0.39 is 66.4 Å².